The van der Waals surface area contributed by atoms with Crippen LogP contribution in [0.25, 0.3) is 0 Å². The van der Waals surface area contributed by atoms with Gasteiger partial charge < -0.3 is 10.1 Å². The number of ether oxygens (including phenoxy) is 1. The van der Waals surface area contributed by atoms with Crippen LogP contribution in [0.3, 0.4) is 0 Å². The molecule has 5 nitrogen and oxygen atoms in total. The van der Waals surface area contributed by atoms with Crippen molar-refractivity contribution in [3.63, 3.8) is 0 Å². The highest BCUT2D eigenvalue weighted by atomic mass is 16.5. The number of likely N-dealkylation sites (tertiary alicyclic amines) is 1. The van der Waals surface area contributed by atoms with Gasteiger partial charge in [-0.3, -0.25) is 14.5 Å². The predicted octanol–water partition coefficient (Wildman–Crippen LogP) is 1.71. The van der Waals surface area contributed by atoms with E-state index in [0.717, 1.165) is 32.4 Å². The highest BCUT2D eigenvalue weighted by Crippen LogP contribution is 2.48. The molecule has 0 bridgehead atoms. The van der Waals surface area contributed by atoms with E-state index in [-0.39, 0.29) is 23.9 Å². The second kappa shape index (κ2) is 6.88. The average Bonchev–Trinajstić information content (AvgIpc) is 3.20. The number of nitrogens with zero attached hydrogens (tertiary/aromatic N) is 1. The number of amides is 2. The Balaban J connectivity index is 1.88. The number of imide groups is 1. The van der Waals surface area contributed by atoms with Crippen molar-refractivity contribution in [1.29, 1.82) is 0 Å². The van der Waals surface area contributed by atoms with Crippen molar-refractivity contribution < 1.29 is 14.3 Å². The molecule has 0 radical (unpaired) electrons. The molecule has 0 spiro atoms. The highest BCUT2D eigenvalue weighted by Gasteiger charge is 2.45. The fourth-order valence-electron chi connectivity index (χ4n) is 3.20. The summed E-state index contributed by atoms with van der Waals surface area (Å²) >= 11 is 0. The fraction of sp³-hybridized carbons (Fsp3) is 0.875. The number of carbonyl (C=O) groups is 2. The van der Waals surface area contributed by atoms with Crippen LogP contribution < -0.4 is 5.32 Å². The van der Waals surface area contributed by atoms with E-state index in [2.05, 4.69) is 5.32 Å². The molecule has 1 aliphatic carbocycles. The second-order valence-corrected chi connectivity index (χ2v) is 6.45. The summed E-state index contributed by atoms with van der Waals surface area (Å²) in [5.41, 5.74) is 0.293. The number of methoxy groups -OCH3 is 1. The lowest BCUT2D eigenvalue weighted by molar-refractivity contribution is -0.141. The monoisotopic (exact) mass is 296 g/mol. The van der Waals surface area contributed by atoms with E-state index >= 15 is 0 Å². The largest absolute Gasteiger partial charge is 0.385 e. The maximum atomic E-state index is 12.4. The van der Waals surface area contributed by atoms with Gasteiger partial charge >= 0.3 is 0 Å². The Bertz CT molecular complexity index is 389. The predicted molar refractivity (Wildman–Crippen MR) is 80.8 cm³/mol. The molecule has 1 saturated carbocycles. The number of hydrogen-bond donors (Lipinski definition) is 1. The van der Waals surface area contributed by atoms with Gasteiger partial charge in [0.15, 0.2) is 0 Å². The van der Waals surface area contributed by atoms with E-state index in [9.17, 15) is 9.59 Å². The molecule has 1 atom stereocenters. The van der Waals surface area contributed by atoms with Crippen molar-refractivity contribution in [2.45, 2.75) is 64.5 Å². The Kier molecular flexibility index (Phi) is 5.38. The van der Waals surface area contributed by atoms with Crippen molar-refractivity contribution in [2.75, 3.05) is 20.3 Å². The summed E-state index contributed by atoms with van der Waals surface area (Å²) < 4.78 is 5.15. The van der Waals surface area contributed by atoms with Gasteiger partial charge in [0.2, 0.25) is 11.8 Å². The summed E-state index contributed by atoms with van der Waals surface area (Å²) in [6, 6.07) is -0.265. The Hall–Kier alpha value is -0.940. The van der Waals surface area contributed by atoms with Crippen LogP contribution in [0.5, 0.6) is 0 Å². The average molecular weight is 296 g/mol. The molecule has 5 heteroatoms. The van der Waals surface area contributed by atoms with Crippen LogP contribution in [0.15, 0.2) is 0 Å². The van der Waals surface area contributed by atoms with Gasteiger partial charge in [0, 0.05) is 26.3 Å². The zero-order chi connectivity index (χ0) is 15.5. The van der Waals surface area contributed by atoms with Crippen molar-refractivity contribution in [3.8, 4) is 0 Å². The Morgan fingerprint density at radius 3 is 2.52 bits per heavy atom. The molecule has 1 unspecified atom stereocenters. The summed E-state index contributed by atoms with van der Waals surface area (Å²) in [4.78, 5) is 26.0. The molecular weight excluding hydrogens is 268 g/mol. The van der Waals surface area contributed by atoms with Gasteiger partial charge in [-0.1, -0.05) is 13.8 Å². The second-order valence-electron chi connectivity index (χ2n) is 6.45. The lowest BCUT2D eigenvalue weighted by Gasteiger charge is -2.24. The molecule has 2 fully saturated rings. The van der Waals surface area contributed by atoms with Gasteiger partial charge in [0.1, 0.15) is 0 Å². The van der Waals surface area contributed by atoms with Crippen LogP contribution in [0.1, 0.15) is 52.4 Å². The Morgan fingerprint density at radius 2 is 2.00 bits per heavy atom. The van der Waals surface area contributed by atoms with E-state index in [1.807, 2.05) is 13.8 Å². The van der Waals surface area contributed by atoms with E-state index in [4.69, 9.17) is 4.74 Å². The smallest absolute Gasteiger partial charge is 0.247 e. The van der Waals surface area contributed by atoms with E-state index in [1.165, 1.54) is 17.7 Å². The molecule has 21 heavy (non-hydrogen) atoms. The third kappa shape index (κ3) is 3.64. The molecule has 0 aromatic carbocycles. The first-order valence-electron chi connectivity index (χ1n) is 8.15. The minimum absolute atomic E-state index is 0.0204. The van der Waals surface area contributed by atoms with Gasteiger partial charge in [-0.2, -0.15) is 0 Å². The molecule has 0 aromatic rings. The molecule has 120 valence electrons. The van der Waals surface area contributed by atoms with Crippen molar-refractivity contribution in [3.05, 3.63) is 0 Å². The van der Waals surface area contributed by atoms with Crippen LogP contribution in [0, 0.1) is 5.41 Å². The summed E-state index contributed by atoms with van der Waals surface area (Å²) in [6.07, 6.45) is 5.39. The Labute approximate surface area is 127 Å². The summed E-state index contributed by atoms with van der Waals surface area (Å²) in [5, 5.41) is 3.34. The molecule has 2 rings (SSSR count). The molecule has 0 aromatic heterocycles. The fourth-order valence-corrected chi connectivity index (χ4v) is 3.20. The molecule has 1 N–H and O–H groups in total. The number of nitrogens with one attached hydrogen (secondary N) is 1. The van der Waals surface area contributed by atoms with Gasteiger partial charge in [-0.05, 0) is 37.5 Å². The molecule has 1 aliphatic heterocycles. The van der Waals surface area contributed by atoms with Crippen LogP contribution >= 0.6 is 0 Å². The highest BCUT2D eigenvalue weighted by molar-refractivity contribution is 6.05. The van der Waals surface area contributed by atoms with E-state index < -0.39 is 0 Å². The SMILES string of the molecule is CCC(CC)N1C(=O)CC(NCC2(CCOC)CC2)C1=O. The van der Waals surface area contributed by atoms with Gasteiger partial charge in [-0.15, -0.1) is 0 Å². The first-order chi connectivity index (χ1) is 10.1. The standard InChI is InChI=1S/C16H28N2O3/c1-4-12(5-2)18-14(19)10-13(15(18)20)17-11-16(6-7-16)8-9-21-3/h12-13,17H,4-11H2,1-3H3. The van der Waals surface area contributed by atoms with Gasteiger partial charge in [0.05, 0.1) is 12.5 Å². The van der Waals surface area contributed by atoms with Crippen molar-refractivity contribution >= 4 is 11.8 Å². The summed E-state index contributed by atoms with van der Waals surface area (Å²) in [5.74, 6) is -0.0517. The van der Waals surface area contributed by atoms with Gasteiger partial charge in [-0.25, -0.2) is 0 Å². The lowest BCUT2D eigenvalue weighted by Crippen LogP contribution is -2.44. The van der Waals surface area contributed by atoms with Crippen molar-refractivity contribution in [2.24, 2.45) is 5.41 Å². The third-order valence-corrected chi connectivity index (χ3v) is 5.01. The topological polar surface area (TPSA) is 58.6 Å². The van der Waals surface area contributed by atoms with Crippen LogP contribution in [-0.4, -0.2) is 49.1 Å². The number of carbonyl (C=O) groups excluding carboxylic acids is 2. The number of rotatable bonds is 9. The third-order valence-electron chi connectivity index (χ3n) is 5.01. The summed E-state index contributed by atoms with van der Waals surface area (Å²) in [7, 11) is 1.72. The van der Waals surface area contributed by atoms with Crippen molar-refractivity contribution in [1.82, 2.24) is 10.2 Å². The van der Waals surface area contributed by atoms with Crippen LogP contribution in [0.2, 0.25) is 0 Å². The maximum absolute atomic E-state index is 12.4. The molecule has 1 saturated heterocycles. The minimum Gasteiger partial charge on any atom is -0.385 e. The maximum Gasteiger partial charge on any atom is 0.247 e. The van der Waals surface area contributed by atoms with E-state index in [0.29, 0.717) is 11.8 Å². The van der Waals surface area contributed by atoms with E-state index in [1.54, 1.807) is 7.11 Å². The molecule has 2 aliphatic rings. The zero-order valence-electron chi connectivity index (χ0n) is 13.5. The molecule has 2 amide bonds. The first-order valence-corrected chi connectivity index (χ1v) is 8.15. The van der Waals surface area contributed by atoms with Crippen LogP contribution in [0.4, 0.5) is 0 Å². The van der Waals surface area contributed by atoms with Crippen LogP contribution in [-0.2, 0) is 14.3 Å². The molecule has 1 heterocycles. The minimum atomic E-state index is -0.321. The normalized spacial score (nSPS) is 24.2. The zero-order valence-corrected chi connectivity index (χ0v) is 13.5. The first kappa shape index (κ1) is 16.4. The Morgan fingerprint density at radius 1 is 1.33 bits per heavy atom. The van der Waals surface area contributed by atoms with Gasteiger partial charge in [0.25, 0.3) is 0 Å². The lowest BCUT2D eigenvalue weighted by atomic mass is 10.0. The summed E-state index contributed by atoms with van der Waals surface area (Å²) in [6.45, 7) is 5.63. The number of hydrogen-bond acceptors (Lipinski definition) is 4. The quantitative estimate of drug-likeness (QED) is 0.658. The molecular formula is C16H28N2O3.